The summed E-state index contributed by atoms with van der Waals surface area (Å²) in [5.41, 5.74) is 2.27. The standard InChI is InChI=1S/C21H21NO5/c23-19(12-13-20(24)25)18-10-8-16(9-11-18)7-4-14-22-21(26)27-15-17-5-2-1-3-6-17/h1-11H,12-15H2,(H,22,26)(H,24,25). The van der Waals surface area contributed by atoms with Crippen LogP contribution in [0, 0.1) is 0 Å². The second-order valence-electron chi connectivity index (χ2n) is 5.78. The van der Waals surface area contributed by atoms with Crippen LogP contribution in [0.2, 0.25) is 0 Å². The zero-order valence-electron chi connectivity index (χ0n) is 14.8. The number of aliphatic carboxylic acids is 1. The highest BCUT2D eigenvalue weighted by atomic mass is 16.5. The number of Topliss-reactive ketones (excluding diaryl/α,β-unsaturated/α-hetero) is 1. The largest absolute Gasteiger partial charge is 0.481 e. The van der Waals surface area contributed by atoms with Gasteiger partial charge >= 0.3 is 12.1 Å². The third-order valence-corrected chi connectivity index (χ3v) is 3.69. The number of alkyl carbamates (subject to hydrolysis) is 1. The highest BCUT2D eigenvalue weighted by Gasteiger charge is 2.07. The smallest absolute Gasteiger partial charge is 0.407 e. The number of hydrogen-bond acceptors (Lipinski definition) is 4. The number of ketones is 1. The van der Waals surface area contributed by atoms with Crippen molar-refractivity contribution in [2.75, 3.05) is 6.54 Å². The molecule has 0 saturated heterocycles. The van der Waals surface area contributed by atoms with Crippen molar-refractivity contribution in [2.24, 2.45) is 0 Å². The molecule has 0 unspecified atom stereocenters. The molecule has 27 heavy (non-hydrogen) atoms. The van der Waals surface area contributed by atoms with Gasteiger partial charge in [-0.15, -0.1) is 0 Å². The van der Waals surface area contributed by atoms with Crippen molar-refractivity contribution in [3.05, 3.63) is 77.4 Å². The number of rotatable bonds is 9. The Morgan fingerprint density at radius 1 is 0.963 bits per heavy atom. The molecule has 2 N–H and O–H groups in total. The van der Waals surface area contributed by atoms with Crippen molar-refractivity contribution in [2.45, 2.75) is 19.4 Å². The molecule has 1 amide bonds. The first-order valence-electron chi connectivity index (χ1n) is 8.51. The molecule has 140 valence electrons. The summed E-state index contributed by atoms with van der Waals surface area (Å²) in [4.78, 5) is 33.9. The van der Waals surface area contributed by atoms with Gasteiger partial charge in [0.2, 0.25) is 0 Å². The Bertz CT molecular complexity index is 797. The third kappa shape index (κ3) is 7.56. The average Bonchev–Trinajstić information content (AvgIpc) is 2.69. The highest BCUT2D eigenvalue weighted by Crippen LogP contribution is 2.09. The van der Waals surface area contributed by atoms with Crippen molar-refractivity contribution < 1.29 is 24.2 Å². The third-order valence-electron chi connectivity index (χ3n) is 3.69. The minimum atomic E-state index is -0.988. The molecule has 0 aliphatic heterocycles. The van der Waals surface area contributed by atoms with Crippen LogP contribution in [0.4, 0.5) is 4.79 Å². The number of nitrogens with one attached hydrogen (secondary N) is 1. The summed E-state index contributed by atoms with van der Waals surface area (Å²) < 4.78 is 5.10. The maximum Gasteiger partial charge on any atom is 0.407 e. The first-order valence-corrected chi connectivity index (χ1v) is 8.51. The van der Waals surface area contributed by atoms with Crippen LogP contribution in [0.3, 0.4) is 0 Å². The van der Waals surface area contributed by atoms with Gasteiger partial charge in [0.25, 0.3) is 0 Å². The van der Waals surface area contributed by atoms with E-state index in [1.54, 1.807) is 30.3 Å². The van der Waals surface area contributed by atoms with Gasteiger partial charge in [0.15, 0.2) is 5.78 Å². The van der Waals surface area contributed by atoms with E-state index in [2.05, 4.69) is 5.32 Å². The summed E-state index contributed by atoms with van der Waals surface area (Å²) in [6.45, 7) is 0.528. The number of benzene rings is 2. The van der Waals surface area contributed by atoms with Crippen molar-refractivity contribution in [1.29, 1.82) is 0 Å². The Balaban J connectivity index is 1.71. The van der Waals surface area contributed by atoms with Gasteiger partial charge in [-0.3, -0.25) is 9.59 Å². The molecule has 2 rings (SSSR count). The molecule has 0 saturated carbocycles. The molecule has 2 aromatic carbocycles. The van der Waals surface area contributed by atoms with E-state index in [1.807, 2.05) is 36.4 Å². The van der Waals surface area contributed by atoms with Gasteiger partial charge < -0.3 is 15.2 Å². The quantitative estimate of drug-likeness (QED) is 0.660. The monoisotopic (exact) mass is 367 g/mol. The molecule has 6 heteroatoms. The number of carbonyl (C=O) groups excluding carboxylic acids is 2. The van der Waals surface area contributed by atoms with Crippen LogP contribution in [-0.4, -0.2) is 29.5 Å². The zero-order chi connectivity index (χ0) is 19.5. The van der Waals surface area contributed by atoms with E-state index in [4.69, 9.17) is 9.84 Å². The van der Waals surface area contributed by atoms with Crippen LogP contribution in [0.15, 0.2) is 60.7 Å². The van der Waals surface area contributed by atoms with E-state index < -0.39 is 12.1 Å². The van der Waals surface area contributed by atoms with Crippen molar-refractivity contribution >= 4 is 23.9 Å². The van der Waals surface area contributed by atoms with Gasteiger partial charge in [-0.05, 0) is 11.1 Å². The van der Waals surface area contributed by atoms with Crippen LogP contribution in [-0.2, 0) is 16.1 Å². The number of carboxylic acids is 1. The average molecular weight is 367 g/mol. The topological polar surface area (TPSA) is 92.7 Å². The minimum Gasteiger partial charge on any atom is -0.481 e. The first kappa shape index (κ1) is 19.9. The number of amides is 1. The van der Waals surface area contributed by atoms with E-state index in [-0.39, 0.29) is 25.2 Å². The fourth-order valence-corrected chi connectivity index (χ4v) is 2.26. The normalized spacial score (nSPS) is 10.5. The van der Waals surface area contributed by atoms with E-state index in [0.29, 0.717) is 12.1 Å². The fourth-order valence-electron chi connectivity index (χ4n) is 2.26. The Labute approximate surface area is 157 Å². The van der Waals surface area contributed by atoms with Crippen LogP contribution in [0.5, 0.6) is 0 Å². The van der Waals surface area contributed by atoms with Crippen LogP contribution in [0.1, 0.15) is 34.3 Å². The van der Waals surface area contributed by atoms with Gasteiger partial charge in [-0.2, -0.15) is 0 Å². The van der Waals surface area contributed by atoms with Crippen LogP contribution in [0.25, 0.3) is 6.08 Å². The Morgan fingerprint density at radius 2 is 1.67 bits per heavy atom. The molecule has 0 atom stereocenters. The predicted octanol–water partition coefficient (Wildman–Crippen LogP) is 3.67. The van der Waals surface area contributed by atoms with E-state index >= 15 is 0 Å². The summed E-state index contributed by atoms with van der Waals surface area (Å²) in [7, 11) is 0. The summed E-state index contributed by atoms with van der Waals surface area (Å²) in [5, 5.41) is 11.2. The van der Waals surface area contributed by atoms with Crippen LogP contribution >= 0.6 is 0 Å². The van der Waals surface area contributed by atoms with E-state index in [0.717, 1.165) is 11.1 Å². The van der Waals surface area contributed by atoms with Crippen molar-refractivity contribution in [3.8, 4) is 0 Å². The molecular weight excluding hydrogens is 346 g/mol. The Hall–Kier alpha value is -3.41. The molecule has 0 aromatic heterocycles. The number of carboxylic acid groups (broad SMARTS) is 1. The maximum absolute atomic E-state index is 11.8. The lowest BCUT2D eigenvalue weighted by Crippen LogP contribution is -2.24. The first-order chi connectivity index (χ1) is 13.0. The minimum absolute atomic E-state index is 0.0144. The van der Waals surface area contributed by atoms with Gasteiger partial charge in [0.05, 0.1) is 6.42 Å². The molecule has 0 spiro atoms. The van der Waals surface area contributed by atoms with Gasteiger partial charge in [0.1, 0.15) is 6.61 Å². The summed E-state index contributed by atoms with van der Waals surface area (Å²) in [6, 6.07) is 16.3. The molecular formula is C21H21NO5. The van der Waals surface area contributed by atoms with Crippen molar-refractivity contribution in [1.82, 2.24) is 5.32 Å². The predicted molar refractivity (Wildman–Crippen MR) is 101 cm³/mol. The SMILES string of the molecule is O=C(O)CCC(=O)c1ccc(C=CCNC(=O)OCc2ccccc2)cc1. The molecule has 0 radical (unpaired) electrons. The molecule has 0 fully saturated rings. The fraction of sp³-hybridized carbons (Fsp3) is 0.190. The molecule has 6 nitrogen and oxygen atoms in total. The van der Waals surface area contributed by atoms with E-state index in [1.165, 1.54) is 0 Å². The number of ether oxygens (including phenoxy) is 1. The highest BCUT2D eigenvalue weighted by molar-refractivity contribution is 5.97. The lowest BCUT2D eigenvalue weighted by molar-refractivity contribution is -0.136. The lowest BCUT2D eigenvalue weighted by Gasteiger charge is -2.05. The lowest BCUT2D eigenvalue weighted by atomic mass is 10.0. The Morgan fingerprint density at radius 3 is 2.33 bits per heavy atom. The van der Waals surface area contributed by atoms with E-state index in [9.17, 15) is 14.4 Å². The number of hydrogen-bond donors (Lipinski definition) is 2. The molecule has 0 aliphatic rings. The van der Waals surface area contributed by atoms with Crippen molar-refractivity contribution in [3.63, 3.8) is 0 Å². The molecule has 0 heterocycles. The summed E-state index contributed by atoms with van der Waals surface area (Å²) in [5.74, 6) is -1.19. The Kier molecular flexibility index (Phi) is 7.78. The van der Waals surface area contributed by atoms with Crippen LogP contribution < -0.4 is 5.32 Å². The molecule has 2 aromatic rings. The number of carbonyl (C=O) groups is 3. The molecule has 0 aliphatic carbocycles. The zero-order valence-corrected chi connectivity index (χ0v) is 14.8. The maximum atomic E-state index is 11.8. The van der Waals surface area contributed by atoms with Gasteiger partial charge in [-0.25, -0.2) is 4.79 Å². The summed E-state index contributed by atoms with van der Waals surface area (Å²) >= 11 is 0. The second kappa shape index (κ2) is 10.6. The second-order valence-corrected chi connectivity index (χ2v) is 5.78. The molecule has 0 bridgehead atoms. The summed E-state index contributed by atoms with van der Waals surface area (Å²) in [6.07, 6.45) is 2.89. The van der Waals surface area contributed by atoms with Gasteiger partial charge in [0, 0.05) is 18.5 Å². The van der Waals surface area contributed by atoms with Gasteiger partial charge in [-0.1, -0.05) is 66.7 Å².